The van der Waals surface area contributed by atoms with Crippen molar-refractivity contribution < 1.29 is 0 Å². The molecular formula is C12H18ClN5. The number of hydrogen-bond donors (Lipinski definition) is 3. The number of rotatable bonds is 4. The van der Waals surface area contributed by atoms with E-state index in [9.17, 15) is 0 Å². The van der Waals surface area contributed by atoms with Crippen LogP contribution in [0.5, 0.6) is 0 Å². The van der Waals surface area contributed by atoms with Gasteiger partial charge in [0.1, 0.15) is 11.4 Å². The number of hydrogen-bond acceptors (Lipinski definition) is 5. The highest BCUT2D eigenvalue weighted by atomic mass is 35.5. The van der Waals surface area contributed by atoms with Gasteiger partial charge in [0.25, 0.3) is 0 Å². The first kappa shape index (κ1) is 13.1. The molecule has 0 aromatic carbocycles. The van der Waals surface area contributed by atoms with E-state index in [-0.39, 0.29) is 5.28 Å². The molecule has 1 aromatic rings. The van der Waals surface area contributed by atoms with Crippen molar-refractivity contribution >= 4 is 29.3 Å². The first-order chi connectivity index (χ1) is 8.74. The Hall–Kier alpha value is -1.36. The van der Waals surface area contributed by atoms with Gasteiger partial charge in [-0.1, -0.05) is 19.3 Å². The van der Waals surface area contributed by atoms with Crippen LogP contribution in [0.15, 0.2) is 0 Å². The second kappa shape index (κ2) is 6.00. The van der Waals surface area contributed by atoms with Gasteiger partial charge in [-0.05, 0) is 24.4 Å². The van der Waals surface area contributed by atoms with E-state index in [2.05, 4.69) is 20.6 Å². The average Bonchev–Trinajstić information content (AvgIpc) is 2.39. The van der Waals surface area contributed by atoms with E-state index >= 15 is 0 Å². The number of halogens is 1. The molecule has 3 N–H and O–H groups in total. The summed E-state index contributed by atoms with van der Waals surface area (Å²) in [5.74, 6) is 0.697. The van der Waals surface area contributed by atoms with Crippen molar-refractivity contribution in [3.8, 4) is 0 Å². The molecule has 1 aromatic heterocycles. The molecule has 18 heavy (non-hydrogen) atoms. The average molecular weight is 268 g/mol. The molecule has 98 valence electrons. The quantitative estimate of drug-likeness (QED) is 0.579. The first-order valence-electron chi connectivity index (χ1n) is 6.27. The molecule has 6 heteroatoms. The monoisotopic (exact) mass is 267 g/mol. The van der Waals surface area contributed by atoms with E-state index in [4.69, 9.17) is 17.0 Å². The van der Waals surface area contributed by atoms with E-state index in [1.807, 2.05) is 0 Å². The van der Waals surface area contributed by atoms with Gasteiger partial charge in [0.2, 0.25) is 5.28 Å². The van der Waals surface area contributed by atoms with Gasteiger partial charge in [0.05, 0.1) is 0 Å². The maximum atomic E-state index is 7.36. The van der Waals surface area contributed by atoms with Crippen LogP contribution in [0.1, 0.15) is 37.8 Å². The molecule has 5 nitrogen and oxygen atoms in total. The van der Waals surface area contributed by atoms with Crippen molar-refractivity contribution in [1.29, 1.82) is 5.41 Å². The van der Waals surface area contributed by atoms with E-state index in [1.54, 1.807) is 7.05 Å². The summed E-state index contributed by atoms with van der Waals surface area (Å²) in [5.41, 5.74) is 1.25. The van der Waals surface area contributed by atoms with Gasteiger partial charge < -0.3 is 16.0 Å². The van der Waals surface area contributed by atoms with Gasteiger partial charge in [-0.25, -0.2) is 4.98 Å². The topological polar surface area (TPSA) is 73.7 Å². The highest BCUT2D eigenvalue weighted by molar-refractivity contribution is 6.28. The zero-order valence-electron chi connectivity index (χ0n) is 10.5. The summed E-state index contributed by atoms with van der Waals surface area (Å²) in [6.07, 6.45) is 7.32. The Balaban J connectivity index is 2.24. The lowest BCUT2D eigenvalue weighted by Gasteiger charge is -2.24. The first-order valence-corrected chi connectivity index (χ1v) is 6.64. The summed E-state index contributed by atoms with van der Waals surface area (Å²) in [6.45, 7) is 0. The maximum absolute atomic E-state index is 7.36. The Morgan fingerprint density at radius 3 is 2.61 bits per heavy atom. The van der Waals surface area contributed by atoms with Crippen LogP contribution < -0.4 is 10.6 Å². The molecule has 1 fully saturated rings. The molecule has 1 aliphatic carbocycles. The molecule has 0 bridgehead atoms. The maximum Gasteiger partial charge on any atom is 0.225 e. The molecule has 0 spiro atoms. The van der Waals surface area contributed by atoms with Crippen molar-refractivity contribution in [2.24, 2.45) is 0 Å². The normalized spacial score (nSPS) is 16.3. The van der Waals surface area contributed by atoms with Gasteiger partial charge in [-0.3, -0.25) is 0 Å². The van der Waals surface area contributed by atoms with Crippen LogP contribution in [0, 0.1) is 5.41 Å². The zero-order valence-corrected chi connectivity index (χ0v) is 11.2. The summed E-state index contributed by atoms with van der Waals surface area (Å²) in [4.78, 5) is 8.25. The van der Waals surface area contributed by atoms with Gasteiger partial charge in [-0.15, -0.1) is 0 Å². The van der Waals surface area contributed by atoms with Crippen molar-refractivity contribution in [3.63, 3.8) is 0 Å². The smallest absolute Gasteiger partial charge is 0.225 e. The standard InChI is InChI=1S/C12H18ClN5/c1-15-10-9(7-14)17-12(13)18-11(10)16-8-5-3-2-4-6-8/h7-8,14-15H,2-6H2,1H3,(H,16,17,18). The zero-order chi connectivity index (χ0) is 13.0. The molecule has 0 atom stereocenters. The molecule has 1 aliphatic rings. The van der Waals surface area contributed by atoms with Crippen LogP contribution in [-0.4, -0.2) is 29.3 Å². The van der Waals surface area contributed by atoms with Crippen molar-refractivity contribution in [2.45, 2.75) is 38.1 Å². The summed E-state index contributed by atoms with van der Waals surface area (Å²) in [7, 11) is 1.80. The molecule has 0 radical (unpaired) electrons. The minimum Gasteiger partial charge on any atom is -0.383 e. The molecule has 2 rings (SSSR count). The second-order valence-electron chi connectivity index (χ2n) is 4.48. The molecule has 1 saturated carbocycles. The highest BCUT2D eigenvalue weighted by Crippen LogP contribution is 2.27. The summed E-state index contributed by atoms with van der Waals surface area (Å²) in [5, 5.41) is 14.0. The Bertz CT molecular complexity index is 429. The fourth-order valence-electron chi connectivity index (χ4n) is 2.35. The fourth-order valence-corrected chi connectivity index (χ4v) is 2.52. The molecular weight excluding hydrogens is 250 g/mol. The number of aromatic nitrogens is 2. The minimum absolute atomic E-state index is 0.172. The van der Waals surface area contributed by atoms with Crippen LogP contribution in [0.2, 0.25) is 5.28 Å². The highest BCUT2D eigenvalue weighted by Gasteiger charge is 2.17. The third-order valence-electron chi connectivity index (χ3n) is 3.24. The molecule has 0 amide bonds. The van der Waals surface area contributed by atoms with Crippen LogP contribution in [0.4, 0.5) is 11.5 Å². The van der Waals surface area contributed by atoms with E-state index in [1.165, 1.54) is 25.5 Å². The lowest BCUT2D eigenvalue weighted by molar-refractivity contribution is 0.462. The van der Waals surface area contributed by atoms with E-state index in [0.29, 0.717) is 17.6 Å². The second-order valence-corrected chi connectivity index (χ2v) is 4.81. The van der Waals surface area contributed by atoms with Crippen LogP contribution >= 0.6 is 11.6 Å². The predicted molar refractivity (Wildman–Crippen MR) is 75.0 cm³/mol. The minimum atomic E-state index is 0.172. The summed E-state index contributed by atoms with van der Waals surface area (Å²) in [6, 6.07) is 0.440. The third kappa shape index (κ3) is 2.90. The molecule has 1 heterocycles. The largest absolute Gasteiger partial charge is 0.383 e. The van der Waals surface area contributed by atoms with E-state index < -0.39 is 0 Å². The Morgan fingerprint density at radius 2 is 2.00 bits per heavy atom. The third-order valence-corrected chi connectivity index (χ3v) is 3.41. The van der Waals surface area contributed by atoms with Gasteiger partial charge in [-0.2, -0.15) is 4.98 Å². The number of anilines is 2. The fraction of sp³-hybridized carbons (Fsp3) is 0.583. The summed E-state index contributed by atoms with van der Waals surface area (Å²) < 4.78 is 0. The van der Waals surface area contributed by atoms with Crippen LogP contribution in [0.25, 0.3) is 0 Å². The SMILES string of the molecule is CNc1c(C=N)nc(Cl)nc1NC1CCCCC1. The van der Waals surface area contributed by atoms with Gasteiger partial charge >= 0.3 is 0 Å². The number of nitrogens with one attached hydrogen (secondary N) is 3. The van der Waals surface area contributed by atoms with Crippen molar-refractivity contribution in [2.75, 3.05) is 17.7 Å². The van der Waals surface area contributed by atoms with Crippen LogP contribution in [-0.2, 0) is 0 Å². The van der Waals surface area contributed by atoms with Crippen molar-refractivity contribution in [3.05, 3.63) is 11.0 Å². The Morgan fingerprint density at radius 1 is 1.28 bits per heavy atom. The molecule has 0 unspecified atom stereocenters. The summed E-state index contributed by atoms with van der Waals surface area (Å²) >= 11 is 5.88. The lowest BCUT2D eigenvalue weighted by atomic mass is 9.95. The Labute approximate surface area is 112 Å². The Kier molecular flexibility index (Phi) is 4.36. The lowest BCUT2D eigenvalue weighted by Crippen LogP contribution is -2.24. The van der Waals surface area contributed by atoms with Crippen LogP contribution in [0.3, 0.4) is 0 Å². The van der Waals surface area contributed by atoms with Gasteiger partial charge in [0, 0.05) is 19.3 Å². The predicted octanol–water partition coefficient (Wildman–Crippen LogP) is 2.91. The molecule has 0 saturated heterocycles. The molecule has 0 aliphatic heterocycles. The van der Waals surface area contributed by atoms with E-state index in [0.717, 1.165) is 18.5 Å². The van der Waals surface area contributed by atoms with Crippen molar-refractivity contribution in [1.82, 2.24) is 9.97 Å². The number of nitrogens with zero attached hydrogens (tertiary/aromatic N) is 2. The van der Waals surface area contributed by atoms with Gasteiger partial charge in [0.15, 0.2) is 5.82 Å².